The van der Waals surface area contributed by atoms with E-state index in [0.29, 0.717) is 11.3 Å². The number of amides is 1. The number of rotatable bonds is 3. The standard InChI is InChI=1S/C19H23F3N4O2/c1-18(2,3)25-17(27)13-10-23-26-15(19(20,21)22)9-14(24-16(13)26)11-5-7-12(28-4)8-6-11/h5-8,10,14-15,24H,9H2,1-4H3,(H,25,27)/t14-,15-/m1/s1. The number of hydrogen-bond donors (Lipinski definition) is 2. The Morgan fingerprint density at radius 1 is 1.25 bits per heavy atom. The fraction of sp³-hybridized carbons (Fsp3) is 0.474. The molecule has 1 aliphatic heterocycles. The van der Waals surface area contributed by atoms with E-state index in [1.165, 1.54) is 13.3 Å². The molecule has 152 valence electrons. The van der Waals surface area contributed by atoms with Crippen molar-refractivity contribution in [3.8, 4) is 5.75 Å². The van der Waals surface area contributed by atoms with Gasteiger partial charge in [-0.25, -0.2) is 4.68 Å². The van der Waals surface area contributed by atoms with E-state index in [1.807, 2.05) is 0 Å². The molecule has 6 nitrogen and oxygen atoms in total. The van der Waals surface area contributed by atoms with Crippen LogP contribution in [0.3, 0.4) is 0 Å². The summed E-state index contributed by atoms with van der Waals surface area (Å²) in [5.74, 6) is 0.205. The minimum atomic E-state index is -4.49. The topological polar surface area (TPSA) is 68.2 Å². The minimum Gasteiger partial charge on any atom is -0.497 e. The van der Waals surface area contributed by atoms with Crippen LogP contribution in [-0.2, 0) is 0 Å². The SMILES string of the molecule is COc1ccc([C@H]2C[C@H](C(F)(F)F)n3ncc(C(=O)NC(C)(C)C)c3N2)cc1. The average Bonchev–Trinajstić information content (AvgIpc) is 3.02. The maximum absolute atomic E-state index is 13.7. The second-order valence-corrected chi connectivity index (χ2v) is 7.82. The molecule has 0 saturated heterocycles. The van der Waals surface area contributed by atoms with Gasteiger partial charge in [-0.15, -0.1) is 0 Å². The fourth-order valence-corrected chi connectivity index (χ4v) is 3.19. The van der Waals surface area contributed by atoms with Crippen molar-refractivity contribution in [2.45, 2.75) is 51.0 Å². The maximum atomic E-state index is 13.7. The smallest absolute Gasteiger partial charge is 0.410 e. The molecule has 1 aromatic heterocycles. The van der Waals surface area contributed by atoms with Gasteiger partial charge in [-0.1, -0.05) is 12.1 Å². The quantitative estimate of drug-likeness (QED) is 0.820. The Labute approximate surface area is 161 Å². The Balaban J connectivity index is 1.99. The molecule has 28 heavy (non-hydrogen) atoms. The van der Waals surface area contributed by atoms with Crippen LogP contribution < -0.4 is 15.4 Å². The lowest BCUT2D eigenvalue weighted by Crippen LogP contribution is -2.41. The zero-order chi connectivity index (χ0) is 20.7. The number of carbonyl (C=O) groups is 1. The highest BCUT2D eigenvalue weighted by Crippen LogP contribution is 2.44. The first-order chi connectivity index (χ1) is 13.0. The van der Waals surface area contributed by atoms with E-state index in [1.54, 1.807) is 45.0 Å². The van der Waals surface area contributed by atoms with Gasteiger partial charge in [-0.2, -0.15) is 18.3 Å². The van der Waals surface area contributed by atoms with Crippen molar-refractivity contribution < 1.29 is 22.7 Å². The molecular weight excluding hydrogens is 373 g/mol. The molecule has 9 heteroatoms. The highest BCUT2D eigenvalue weighted by molar-refractivity contribution is 5.99. The molecule has 0 unspecified atom stereocenters. The zero-order valence-corrected chi connectivity index (χ0v) is 16.1. The molecule has 2 aromatic rings. The summed E-state index contributed by atoms with van der Waals surface area (Å²) in [4.78, 5) is 12.6. The fourth-order valence-electron chi connectivity index (χ4n) is 3.19. The molecule has 0 bridgehead atoms. The van der Waals surface area contributed by atoms with Crippen molar-refractivity contribution >= 4 is 11.7 Å². The highest BCUT2D eigenvalue weighted by Gasteiger charge is 2.47. The Morgan fingerprint density at radius 2 is 1.89 bits per heavy atom. The molecule has 0 radical (unpaired) electrons. The van der Waals surface area contributed by atoms with Gasteiger partial charge in [0.25, 0.3) is 5.91 Å². The number of halogens is 3. The number of nitrogens with zero attached hydrogens (tertiary/aromatic N) is 2. The summed E-state index contributed by atoms with van der Waals surface area (Å²) in [5, 5.41) is 9.70. The first kappa shape index (κ1) is 20.0. The van der Waals surface area contributed by atoms with Crippen LogP contribution in [0.25, 0.3) is 0 Å². The molecule has 2 N–H and O–H groups in total. The molecule has 3 rings (SSSR count). The number of ether oxygens (including phenoxy) is 1. The Bertz CT molecular complexity index is 854. The average molecular weight is 396 g/mol. The number of alkyl halides is 3. The Kier molecular flexibility index (Phi) is 5.03. The summed E-state index contributed by atoms with van der Waals surface area (Å²) in [6.07, 6.45) is -3.55. The van der Waals surface area contributed by atoms with Crippen LogP contribution in [0.2, 0.25) is 0 Å². The number of benzene rings is 1. The van der Waals surface area contributed by atoms with Crippen molar-refractivity contribution in [3.63, 3.8) is 0 Å². The number of anilines is 1. The predicted molar refractivity (Wildman–Crippen MR) is 98.5 cm³/mol. The molecule has 2 atom stereocenters. The van der Waals surface area contributed by atoms with Crippen molar-refractivity contribution in [1.82, 2.24) is 15.1 Å². The summed E-state index contributed by atoms with van der Waals surface area (Å²) in [5.41, 5.74) is 0.228. The van der Waals surface area contributed by atoms with E-state index in [9.17, 15) is 18.0 Å². The largest absolute Gasteiger partial charge is 0.497 e. The molecule has 1 aliphatic rings. The van der Waals surface area contributed by atoms with Crippen molar-refractivity contribution in [2.75, 3.05) is 12.4 Å². The van der Waals surface area contributed by atoms with Crippen LogP contribution in [0.4, 0.5) is 19.0 Å². The number of fused-ring (bicyclic) bond motifs is 1. The molecule has 0 fully saturated rings. The lowest BCUT2D eigenvalue weighted by Gasteiger charge is -2.34. The summed E-state index contributed by atoms with van der Waals surface area (Å²) in [7, 11) is 1.52. The molecule has 0 aliphatic carbocycles. The Morgan fingerprint density at radius 3 is 2.43 bits per heavy atom. The summed E-state index contributed by atoms with van der Waals surface area (Å²) < 4.78 is 47.1. The monoisotopic (exact) mass is 396 g/mol. The molecule has 0 spiro atoms. The van der Waals surface area contributed by atoms with Crippen LogP contribution in [0.1, 0.15) is 55.2 Å². The lowest BCUT2D eigenvalue weighted by molar-refractivity contribution is -0.173. The number of methoxy groups -OCH3 is 1. The predicted octanol–water partition coefficient (Wildman–Crippen LogP) is 4.08. The summed E-state index contributed by atoms with van der Waals surface area (Å²) >= 11 is 0. The molecule has 2 heterocycles. The first-order valence-electron chi connectivity index (χ1n) is 8.87. The van der Waals surface area contributed by atoms with Gasteiger partial charge in [0.05, 0.1) is 19.3 Å². The van der Waals surface area contributed by atoms with Crippen LogP contribution in [0.15, 0.2) is 30.5 Å². The minimum absolute atomic E-state index is 0.0659. The summed E-state index contributed by atoms with van der Waals surface area (Å²) in [6.45, 7) is 5.40. The van der Waals surface area contributed by atoms with E-state index in [4.69, 9.17) is 4.74 Å². The van der Waals surface area contributed by atoms with Gasteiger partial charge in [0, 0.05) is 12.0 Å². The van der Waals surface area contributed by atoms with Gasteiger partial charge in [0.1, 0.15) is 17.1 Å². The number of nitrogens with one attached hydrogen (secondary N) is 2. The second kappa shape index (κ2) is 7.03. The third-order valence-corrected chi connectivity index (χ3v) is 4.49. The van der Waals surface area contributed by atoms with Crippen LogP contribution in [0.5, 0.6) is 5.75 Å². The van der Waals surface area contributed by atoms with Gasteiger partial charge in [0.15, 0.2) is 6.04 Å². The van der Waals surface area contributed by atoms with Crippen LogP contribution >= 0.6 is 0 Å². The molecule has 1 amide bonds. The van der Waals surface area contributed by atoms with E-state index < -0.39 is 29.7 Å². The van der Waals surface area contributed by atoms with E-state index in [-0.39, 0.29) is 17.8 Å². The highest BCUT2D eigenvalue weighted by atomic mass is 19.4. The third kappa shape index (κ3) is 4.07. The van der Waals surface area contributed by atoms with E-state index in [0.717, 1.165) is 4.68 Å². The molecular formula is C19H23F3N4O2. The van der Waals surface area contributed by atoms with Crippen molar-refractivity contribution in [3.05, 3.63) is 41.6 Å². The van der Waals surface area contributed by atoms with Crippen molar-refractivity contribution in [1.29, 1.82) is 0 Å². The lowest BCUT2D eigenvalue weighted by atomic mass is 9.96. The second-order valence-electron chi connectivity index (χ2n) is 7.82. The Hall–Kier alpha value is -2.71. The number of aromatic nitrogens is 2. The number of carbonyl (C=O) groups excluding carboxylic acids is 1. The maximum Gasteiger partial charge on any atom is 0.410 e. The third-order valence-electron chi connectivity index (χ3n) is 4.49. The van der Waals surface area contributed by atoms with Gasteiger partial charge in [-0.3, -0.25) is 4.79 Å². The normalized spacial score (nSPS) is 19.5. The van der Waals surface area contributed by atoms with Crippen LogP contribution in [-0.4, -0.2) is 34.5 Å². The van der Waals surface area contributed by atoms with Crippen LogP contribution in [0, 0.1) is 0 Å². The number of hydrogen-bond acceptors (Lipinski definition) is 4. The molecule has 1 aromatic carbocycles. The van der Waals surface area contributed by atoms with Gasteiger partial charge in [-0.05, 0) is 38.5 Å². The molecule has 0 saturated carbocycles. The van der Waals surface area contributed by atoms with E-state index in [2.05, 4.69) is 15.7 Å². The van der Waals surface area contributed by atoms with Gasteiger partial charge < -0.3 is 15.4 Å². The van der Waals surface area contributed by atoms with Gasteiger partial charge >= 0.3 is 6.18 Å². The van der Waals surface area contributed by atoms with E-state index >= 15 is 0 Å². The summed E-state index contributed by atoms with van der Waals surface area (Å²) in [6, 6.07) is 4.36. The van der Waals surface area contributed by atoms with Gasteiger partial charge in [0.2, 0.25) is 0 Å². The zero-order valence-electron chi connectivity index (χ0n) is 16.1. The first-order valence-corrected chi connectivity index (χ1v) is 8.87. The van der Waals surface area contributed by atoms with Crippen molar-refractivity contribution in [2.24, 2.45) is 0 Å².